The van der Waals surface area contributed by atoms with Gasteiger partial charge >= 0.3 is 0 Å². The molecule has 0 amide bonds. The number of benzene rings is 1. The van der Waals surface area contributed by atoms with E-state index in [1.807, 2.05) is 17.5 Å². The fourth-order valence-corrected chi connectivity index (χ4v) is 3.71. The molecule has 0 aliphatic carbocycles. The van der Waals surface area contributed by atoms with Crippen molar-refractivity contribution in [3.05, 3.63) is 41.9 Å². The molecule has 4 heteroatoms. The summed E-state index contributed by atoms with van der Waals surface area (Å²) >= 11 is 1.82. The van der Waals surface area contributed by atoms with Gasteiger partial charge in [-0.2, -0.15) is 0 Å². The Morgan fingerprint density at radius 1 is 1.15 bits per heavy atom. The first-order chi connectivity index (χ1) is 9.92. The van der Waals surface area contributed by atoms with Crippen molar-refractivity contribution in [3.8, 4) is 10.4 Å². The predicted octanol–water partition coefficient (Wildman–Crippen LogP) is 3.73. The average Bonchev–Trinajstić information content (AvgIpc) is 3.17. The summed E-state index contributed by atoms with van der Waals surface area (Å²) in [5.74, 6) is 0. The molecule has 3 aromatic rings. The van der Waals surface area contributed by atoms with Gasteiger partial charge in [-0.25, -0.2) is 0 Å². The standard InChI is InChI=1S/C16H16N2OS/c1-2-14(13-4-5-17-15(13)3-1)16-10-12(11-20-16)18-6-8-19-9-7-18/h1-5,10-11,17H,6-9H2. The van der Waals surface area contributed by atoms with Gasteiger partial charge in [-0.05, 0) is 18.2 Å². The van der Waals surface area contributed by atoms with E-state index in [1.165, 1.54) is 27.0 Å². The maximum absolute atomic E-state index is 5.42. The molecule has 0 bridgehead atoms. The number of fused-ring (bicyclic) bond motifs is 1. The first kappa shape index (κ1) is 12.0. The van der Waals surface area contributed by atoms with Gasteiger partial charge in [0.25, 0.3) is 0 Å². The number of aromatic amines is 1. The normalized spacial score (nSPS) is 15.9. The van der Waals surface area contributed by atoms with Crippen LogP contribution >= 0.6 is 11.3 Å². The fraction of sp³-hybridized carbons (Fsp3) is 0.250. The van der Waals surface area contributed by atoms with Crippen molar-refractivity contribution < 1.29 is 4.74 Å². The van der Waals surface area contributed by atoms with E-state index in [4.69, 9.17) is 4.74 Å². The second kappa shape index (κ2) is 4.96. The number of rotatable bonds is 2. The van der Waals surface area contributed by atoms with Gasteiger partial charge in [-0.15, -0.1) is 11.3 Å². The van der Waals surface area contributed by atoms with Gasteiger partial charge in [-0.1, -0.05) is 12.1 Å². The molecular formula is C16H16N2OS. The first-order valence-electron chi connectivity index (χ1n) is 6.89. The van der Waals surface area contributed by atoms with Crippen LogP contribution in [-0.4, -0.2) is 31.3 Å². The molecule has 0 unspecified atom stereocenters. The van der Waals surface area contributed by atoms with E-state index >= 15 is 0 Å². The van der Waals surface area contributed by atoms with Gasteiger partial charge in [0.1, 0.15) is 0 Å². The Hall–Kier alpha value is -1.78. The Kier molecular flexibility index (Phi) is 2.98. The highest BCUT2D eigenvalue weighted by atomic mass is 32.1. The van der Waals surface area contributed by atoms with Crippen molar-refractivity contribution in [3.63, 3.8) is 0 Å². The van der Waals surface area contributed by atoms with E-state index in [1.54, 1.807) is 0 Å². The predicted molar refractivity (Wildman–Crippen MR) is 84.6 cm³/mol. The van der Waals surface area contributed by atoms with E-state index in [2.05, 4.69) is 45.6 Å². The number of H-pyrrole nitrogens is 1. The number of nitrogens with one attached hydrogen (secondary N) is 1. The van der Waals surface area contributed by atoms with Crippen LogP contribution in [0.4, 0.5) is 5.69 Å². The monoisotopic (exact) mass is 284 g/mol. The molecule has 0 saturated carbocycles. The molecule has 102 valence electrons. The fourth-order valence-electron chi connectivity index (χ4n) is 2.76. The van der Waals surface area contributed by atoms with E-state index in [0.29, 0.717) is 0 Å². The third kappa shape index (κ3) is 2.01. The van der Waals surface area contributed by atoms with E-state index in [0.717, 1.165) is 26.3 Å². The number of aromatic nitrogens is 1. The van der Waals surface area contributed by atoms with E-state index in [9.17, 15) is 0 Å². The van der Waals surface area contributed by atoms with Gasteiger partial charge in [0, 0.05) is 51.7 Å². The molecule has 0 spiro atoms. The molecule has 1 N–H and O–H groups in total. The zero-order chi connectivity index (χ0) is 13.4. The molecule has 3 heterocycles. The van der Waals surface area contributed by atoms with Crippen LogP contribution in [-0.2, 0) is 4.74 Å². The Bertz CT molecular complexity index is 725. The van der Waals surface area contributed by atoms with Crippen molar-refractivity contribution in [2.75, 3.05) is 31.2 Å². The molecule has 1 aliphatic rings. The lowest BCUT2D eigenvalue weighted by molar-refractivity contribution is 0.123. The lowest BCUT2D eigenvalue weighted by Gasteiger charge is -2.27. The Labute approximate surface area is 121 Å². The summed E-state index contributed by atoms with van der Waals surface area (Å²) in [6.07, 6.45) is 2.00. The lowest BCUT2D eigenvalue weighted by atomic mass is 10.1. The van der Waals surface area contributed by atoms with Crippen LogP contribution in [0.5, 0.6) is 0 Å². The highest BCUT2D eigenvalue weighted by molar-refractivity contribution is 7.14. The van der Waals surface area contributed by atoms with Gasteiger partial charge < -0.3 is 14.6 Å². The second-order valence-corrected chi connectivity index (χ2v) is 5.92. The first-order valence-corrected chi connectivity index (χ1v) is 7.77. The number of anilines is 1. The molecule has 1 aromatic carbocycles. The Balaban J connectivity index is 1.72. The molecule has 4 rings (SSSR count). The molecule has 1 aliphatic heterocycles. The summed E-state index contributed by atoms with van der Waals surface area (Å²) in [5, 5.41) is 3.55. The number of ether oxygens (including phenoxy) is 1. The average molecular weight is 284 g/mol. The van der Waals surface area contributed by atoms with Gasteiger partial charge in [0.05, 0.1) is 13.2 Å². The van der Waals surface area contributed by atoms with Gasteiger partial charge in [0.2, 0.25) is 0 Å². The van der Waals surface area contributed by atoms with Gasteiger partial charge in [0.15, 0.2) is 0 Å². The number of nitrogens with zero attached hydrogens (tertiary/aromatic N) is 1. The van der Waals surface area contributed by atoms with Crippen molar-refractivity contribution in [1.82, 2.24) is 4.98 Å². The van der Waals surface area contributed by atoms with Gasteiger partial charge in [-0.3, -0.25) is 0 Å². The maximum Gasteiger partial charge on any atom is 0.0642 e. The van der Waals surface area contributed by atoms with Crippen molar-refractivity contribution in [2.45, 2.75) is 0 Å². The SMILES string of the molecule is c1cc(-c2cc(N3CCOCC3)cs2)c2cc[nH]c2c1. The van der Waals surface area contributed by atoms with Crippen LogP contribution in [0.3, 0.4) is 0 Å². The minimum absolute atomic E-state index is 0.832. The quantitative estimate of drug-likeness (QED) is 0.776. The Morgan fingerprint density at radius 2 is 2.05 bits per heavy atom. The summed E-state index contributed by atoms with van der Waals surface area (Å²) in [6, 6.07) is 10.9. The zero-order valence-electron chi connectivity index (χ0n) is 11.1. The van der Waals surface area contributed by atoms with E-state index in [-0.39, 0.29) is 0 Å². The molecule has 3 nitrogen and oxygen atoms in total. The highest BCUT2D eigenvalue weighted by Gasteiger charge is 2.14. The lowest BCUT2D eigenvalue weighted by Crippen LogP contribution is -2.35. The van der Waals surface area contributed by atoms with Crippen molar-refractivity contribution >= 4 is 27.9 Å². The van der Waals surface area contributed by atoms with Crippen LogP contribution in [0, 0.1) is 0 Å². The summed E-state index contributed by atoms with van der Waals surface area (Å²) < 4.78 is 5.42. The smallest absolute Gasteiger partial charge is 0.0642 e. The third-order valence-corrected chi connectivity index (χ3v) is 4.77. The Morgan fingerprint density at radius 3 is 2.95 bits per heavy atom. The topological polar surface area (TPSA) is 28.3 Å². The maximum atomic E-state index is 5.42. The number of thiophene rings is 1. The minimum atomic E-state index is 0.832. The summed E-state index contributed by atoms with van der Waals surface area (Å²) in [7, 11) is 0. The van der Waals surface area contributed by atoms with Crippen LogP contribution < -0.4 is 4.90 Å². The molecule has 0 atom stereocenters. The number of morpholine rings is 1. The molecule has 1 saturated heterocycles. The highest BCUT2D eigenvalue weighted by Crippen LogP contribution is 2.35. The van der Waals surface area contributed by atoms with Crippen LogP contribution in [0.2, 0.25) is 0 Å². The van der Waals surface area contributed by atoms with Crippen molar-refractivity contribution in [2.24, 2.45) is 0 Å². The molecule has 1 fully saturated rings. The molecule has 0 radical (unpaired) electrons. The van der Waals surface area contributed by atoms with Crippen LogP contribution in [0.25, 0.3) is 21.3 Å². The summed E-state index contributed by atoms with van der Waals surface area (Å²) in [4.78, 5) is 7.01. The van der Waals surface area contributed by atoms with Crippen LogP contribution in [0.1, 0.15) is 0 Å². The zero-order valence-corrected chi connectivity index (χ0v) is 12.0. The number of hydrogen-bond acceptors (Lipinski definition) is 3. The van der Waals surface area contributed by atoms with Crippen molar-refractivity contribution in [1.29, 1.82) is 0 Å². The molecular weight excluding hydrogens is 268 g/mol. The minimum Gasteiger partial charge on any atom is -0.378 e. The third-order valence-electron chi connectivity index (χ3n) is 3.82. The second-order valence-electron chi connectivity index (χ2n) is 5.01. The molecule has 20 heavy (non-hydrogen) atoms. The largest absolute Gasteiger partial charge is 0.378 e. The van der Waals surface area contributed by atoms with Crippen LogP contribution in [0.15, 0.2) is 41.9 Å². The summed E-state index contributed by atoms with van der Waals surface area (Å²) in [5.41, 5.74) is 3.83. The molecule has 2 aromatic heterocycles. The number of hydrogen-bond donors (Lipinski definition) is 1. The van der Waals surface area contributed by atoms with E-state index < -0.39 is 0 Å². The summed E-state index contributed by atoms with van der Waals surface area (Å²) in [6.45, 7) is 3.65.